The Balaban J connectivity index is 1.29. The molecule has 0 spiro atoms. The highest BCUT2D eigenvalue weighted by Crippen LogP contribution is 2.45. The minimum Gasteiger partial charge on any atom is -0.205 e. The van der Waals surface area contributed by atoms with Crippen LogP contribution < -0.4 is 0 Å². The number of nitrogens with zero attached hydrogens (tertiary/aromatic N) is 2. The van der Waals surface area contributed by atoms with Crippen LogP contribution in [0, 0.1) is 5.82 Å². The second-order valence-electron chi connectivity index (χ2n) is 12.8. The largest absolute Gasteiger partial charge is 0.205 e. The molecule has 0 aliphatic carbocycles. The topological polar surface area (TPSA) is 25.8 Å². The zero-order chi connectivity index (χ0) is 31.7. The van der Waals surface area contributed by atoms with Crippen molar-refractivity contribution in [3.63, 3.8) is 0 Å². The fourth-order valence-corrected chi connectivity index (χ4v) is 9.19. The number of rotatable bonds is 24. The molecule has 0 unspecified atom stereocenters. The average molecular weight is 690 g/mol. The normalized spacial score (nSPS) is 11.7. The second-order valence-corrected chi connectivity index (χ2v) is 15.6. The Labute approximate surface area is 289 Å². The smallest absolute Gasteiger partial charge is 0.153 e. The first-order valence-electron chi connectivity index (χ1n) is 17.9. The van der Waals surface area contributed by atoms with Crippen molar-refractivity contribution in [1.82, 2.24) is 8.75 Å². The quantitative estimate of drug-likeness (QED) is 0.0685. The molecule has 0 aliphatic heterocycles. The van der Waals surface area contributed by atoms with Crippen molar-refractivity contribution in [1.29, 1.82) is 0 Å². The van der Waals surface area contributed by atoms with Crippen molar-refractivity contribution in [3.8, 4) is 20.9 Å². The molecule has 0 radical (unpaired) electrons. The van der Waals surface area contributed by atoms with Crippen LogP contribution >= 0.6 is 46.0 Å². The van der Waals surface area contributed by atoms with Crippen LogP contribution in [0.5, 0.6) is 0 Å². The molecule has 1 aromatic carbocycles. The van der Waals surface area contributed by atoms with Crippen LogP contribution in [-0.2, 0) is 12.8 Å². The van der Waals surface area contributed by atoms with Crippen molar-refractivity contribution < 1.29 is 4.39 Å². The van der Waals surface area contributed by atoms with E-state index < -0.39 is 0 Å². The van der Waals surface area contributed by atoms with Gasteiger partial charge in [0.1, 0.15) is 11.0 Å². The highest BCUT2D eigenvalue weighted by molar-refractivity contribution is 7.14. The first-order chi connectivity index (χ1) is 22.1. The van der Waals surface area contributed by atoms with Crippen molar-refractivity contribution >= 4 is 57.0 Å². The van der Waals surface area contributed by atoms with E-state index in [0.29, 0.717) is 16.6 Å². The summed E-state index contributed by atoms with van der Waals surface area (Å²) in [5.74, 6) is -0.371. The van der Waals surface area contributed by atoms with Gasteiger partial charge in [0.25, 0.3) is 0 Å². The average Bonchev–Trinajstić information content (AvgIpc) is 3.82. The summed E-state index contributed by atoms with van der Waals surface area (Å²) in [6.07, 6.45) is 28.8. The molecule has 0 saturated carbocycles. The first kappa shape index (κ1) is 36.5. The Morgan fingerprint density at radius 1 is 0.556 bits per heavy atom. The lowest BCUT2D eigenvalue weighted by Crippen LogP contribution is -1.92. The van der Waals surface area contributed by atoms with E-state index in [1.165, 1.54) is 140 Å². The SMILES string of the molecule is CCCCCCCCCCCCc1csc(-c2c(F)c(Cl)c(-c3cc(CCCCCCCCCCCC)cs3)c3nsnc23)c1. The monoisotopic (exact) mass is 688 g/mol. The Morgan fingerprint density at radius 2 is 0.933 bits per heavy atom. The molecule has 45 heavy (non-hydrogen) atoms. The highest BCUT2D eigenvalue weighted by Gasteiger charge is 2.25. The van der Waals surface area contributed by atoms with E-state index in [2.05, 4.69) is 45.5 Å². The summed E-state index contributed by atoms with van der Waals surface area (Å²) in [5.41, 5.74) is 5.14. The third-order valence-corrected chi connectivity index (χ3v) is 11.9. The number of thiophene rings is 2. The molecule has 0 fully saturated rings. The standard InChI is InChI=1S/C38H54ClFN2S3/c1-3-5-7-9-11-13-15-17-19-21-23-29-25-31(43-27-29)33-35(39)36(40)34(38-37(33)41-45-42-38)32-26-30(28-44-32)24-22-20-18-16-14-12-10-8-6-4-2/h25-28H,3-24H2,1-2H3. The molecule has 0 amide bonds. The van der Waals surface area contributed by atoms with Crippen LogP contribution in [-0.4, -0.2) is 8.75 Å². The number of aromatic nitrogens is 2. The van der Waals surface area contributed by atoms with E-state index >= 15 is 4.39 Å². The van der Waals surface area contributed by atoms with Gasteiger partial charge in [-0.25, -0.2) is 4.39 Å². The van der Waals surface area contributed by atoms with Crippen LogP contribution in [0.4, 0.5) is 4.39 Å². The molecular formula is C38H54ClFN2S3. The Kier molecular flexibility index (Phi) is 16.9. The maximum atomic E-state index is 16.0. The molecular weight excluding hydrogens is 635 g/mol. The number of fused-ring (bicyclic) bond motifs is 1. The number of hydrogen-bond donors (Lipinski definition) is 0. The molecule has 0 saturated heterocycles. The van der Waals surface area contributed by atoms with Gasteiger partial charge < -0.3 is 0 Å². The van der Waals surface area contributed by atoms with E-state index in [1.807, 2.05) is 0 Å². The minimum absolute atomic E-state index is 0.169. The molecule has 3 aromatic heterocycles. The highest BCUT2D eigenvalue weighted by atomic mass is 35.5. The molecule has 248 valence electrons. The summed E-state index contributed by atoms with van der Waals surface area (Å²) in [7, 11) is 0. The van der Waals surface area contributed by atoms with Crippen molar-refractivity contribution in [2.45, 2.75) is 155 Å². The van der Waals surface area contributed by atoms with Crippen molar-refractivity contribution in [2.75, 3.05) is 0 Å². The lowest BCUT2D eigenvalue weighted by molar-refractivity contribution is 0.556. The van der Waals surface area contributed by atoms with Gasteiger partial charge in [0, 0.05) is 15.3 Å². The number of hydrogen-bond acceptors (Lipinski definition) is 5. The van der Waals surface area contributed by atoms with Gasteiger partial charge in [-0.05, 0) is 59.7 Å². The van der Waals surface area contributed by atoms with Crippen molar-refractivity contribution in [2.24, 2.45) is 0 Å². The van der Waals surface area contributed by atoms with Gasteiger partial charge in [-0.1, -0.05) is 141 Å². The predicted molar refractivity (Wildman–Crippen MR) is 200 cm³/mol. The molecule has 0 aliphatic rings. The Morgan fingerprint density at radius 3 is 1.38 bits per heavy atom. The fourth-order valence-electron chi connectivity index (χ4n) is 6.30. The molecule has 2 nitrogen and oxygen atoms in total. The lowest BCUT2D eigenvalue weighted by atomic mass is 10.0. The molecule has 0 atom stereocenters. The van der Waals surface area contributed by atoms with Crippen LogP contribution in [0.15, 0.2) is 22.9 Å². The van der Waals surface area contributed by atoms with Crippen LogP contribution in [0.2, 0.25) is 5.02 Å². The maximum absolute atomic E-state index is 16.0. The molecule has 0 N–H and O–H groups in total. The summed E-state index contributed by atoms with van der Waals surface area (Å²) in [5, 5.41) is 4.55. The van der Waals surface area contributed by atoms with E-state index in [4.69, 9.17) is 11.6 Å². The van der Waals surface area contributed by atoms with Gasteiger partial charge in [0.2, 0.25) is 0 Å². The van der Waals surface area contributed by atoms with Gasteiger partial charge in [0.15, 0.2) is 5.82 Å². The lowest BCUT2D eigenvalue weighted by Gasteiger charge is -2.09. The third kappa shape index (κ3) is 11.4. The second kappa shape index (κ2) is 20.8. The molecule has 3 heterocycles. The molecule has 7 heteroatoms. The number of benzene rings is 1. The molecule has 0 bridgehead atoms. The summed E-state index contributed by atoms with van der Waals surface area (Å²) < 4.78 is 25.2. The number of aryl methyl sites for hydroxylation is 2. The number of halogens is 2. The van der Waals surface area contributed by atoms with Crippen LogP contribution in [0.1, 0.15) is 153 Å². The minimum atomic E-state index is -0.371. The summed E-state index contributed by atoms with van der Waals surface area (Å²) in [4.78, 5) is 1.88. The maximum Gasteiger partial charge on any atom is 0.153 e. The zero-order valence-corrected chi connectivity index (χ0v) is 30.9. The summed E-state index contributed by atoms with van der Waals surface area (Å²) in [6.45, 7) is 4.55. The van der Waals surface area contributed by atoms with E-state index in [9.17, 15) is 0 Å². The zero-order valence-electron chi connectivity index (χ0n) is 27.7. The van der Waals surface area contributed by atoms with Gasteiger partial charge in [-0.15, -0.1) is 22.7 Å². The first-order valence-corrected chi connectivity index (χ1v) is 20.8. The summed E-state index contributed by atoms with van der Waals surface area (Å²) >= 11 is 11.2. The van der Waals surface area contributed by atoms with Gasteiger partial charge >= 0.3 is 0 Å². The van der Waals surface area contributed by atoms with E-state index in [0.717, 1.165) is 39.8 Å². The predicted octanol–water partition coefficient (Wildman–Crippen LogP) is 14.9. The van der Waals surface area contributed by atoms with Gasteiger partial charge in [-0.3, -0.25) is 0 Å². The Hall–Kier alpha value is -1.34. The van der Waals surface area contributed by atoms with Crippen LogP contribution in [0.25, 0.3) is 31.9 Å². The van der Waals surface area contributed by atoms with E-state index in [-0.39, 0.29) is 10.8 Å². The fraction of sp³-hybridized carbons (Fsp3) is 0.632. The summed E-state index contributed by atoms with van der Waals surface area (Å²) in [6, 6.07) is 4.33. The van der Waals surface area contributed by atoms with Crippen LogP contribution in [0.3, 0.4) is 0 Å². The van der Waals surface area contributed by atoms with E-state index in [1.54, 1.807) is 22.7 Å². The molecule has 4 rings (SSSR count). The van der Waals surface area contributed by atoms with Gasteiger partial charge in [-0.2, -0.15) is 8.75 Å². The Bertz CT molecular complexity index is 1290. The third-order valence-electron chi connectivity index (χ3n) is 9.03. The number of unbranched alkanes of at least 4 members (excludes halogenated alkanes) is 18. The van der Waals surface area contributed by atoms with Crippen molar-refractivity contribution in [3.05, 3.63) is 44.9 Å². The van der Waals surface area contributed by atoms with Gasteiger partial charge in [0.05, 0.1) is 22.3 Å². The molecule has 4 aromatic rings.